The van der Waals surface area contributed by atoms with Gasteiger partial charge in [0.15, 0.2) is 0 Å². The molecule has 21 heavy (non-hydrogen) atoms. The highest BCUT2D eigenvalue weighted by molar-refractivity contribution is 14.1. The molecule has 0 radical (unpaired) electrons. The van der Waals surface area contributed by atoms with Gasteiger partial charge in [-0.2, -0.15) is 5.26 Å². The zero-order valence-corrected chi connectivity index (χ0v) is 13.6. The molecule has 0 heterocycles. The van der Waals surface area contributed by atoms with Crippen LogP contribution in [0.2, 0.25) is 0 Å². The predicted molar refractivity (Wildman–Crippen MR) is 92.6 cm³/mol. The van der Waals surface area contributed by atoms with Gasteiger partial charge >= 0.3 is 0 Å². The van der Waals surface area contributed by atoms with Crippen molar-refractivity contribution in [2.24, 2.45) is 0 Å². The quantitative estimate of drug-likeness (QED) is 0.488. The molecular weight excluding hydrogens is 375 g/mol. The molecule has 2 aromatic carbocycles. The number of anilines is 1. The van der Waals surface area contributed by atoms with Crippen molar-refractivity contribution < 1.29 is 4.79 Å². The van der Waals surface area contributed by atoms with Crippen LogP contribution >= 0.6 is 22.6 Å². The number of carbonyl (C=O) groups is 1. The number of aryl methyl sites for hydroxylation is 1. The van der Waals surface area contributed by atoms with E-state index in [0.717, 1.165) is 14.7 Å². The van der Waals surface area contributed by atoms with Gasteiger partial charge in [0.25, 0.3) is 5.91 Å². The largest absolute Gasteiger partial charge is 0.321 e. The van der Waals surface area contributed by atoms with Crippen molar-refractivity contribution in [2.75, 3.05) is 5.32 Å². The Balaban J connectivity index is 2.26. The maximum absolute atomic E-state index is 12.2. The minimum absolute atomic E-state index is 0.0855. The SMILES string of the molecule is Cc1ccccc1NC(=O)/C(C#N)=C/c1ccccc1I. The summed E-state index contributed by atoms with van der Waals surface area (Å²) in [6.45, 7) is 1.91. The molecule has 104 valence electrons. The molecule has 2 aromatic rings. The molecule has 1 N–H and O–H groups in total. The number of para-hydroxylation sites is 1. The van der Waals surface area contributed by atoms with Crippen molar-refractivity contribution in [1.82, 2.24) is 0 Å². The smallest absolute Gasteiger partial charge is 0.266 e. The van der Waals surface area contributed by atoms with Gasteiger partial charge < -0.3 is 5.32 Å². The standard InChI is InChI=1S/C17H13IN2O/c1-12-6-2-5-9-16(12)20-17(21)14(11-19)10-13-7-3-4-8-15(13)18/h2-10H,1H3,(H,20,21)/b14-10+. The van der Waals surface area contributed by atoms with Crippen LogP contribution in [-0.2, 0) is 4.79 Å². The van der Waals surface area contributed by atoms with E-state index >= 15 is 0 Å². The lowest BCUT2D eigenvalue weighted by Gasteiger charge is -2.07. The summed E-state index contributed by atoms with van der Waals surface area (Å²) in [6.07, 6.45) is 1.61. The number of hydrogen-bond acceptors (Lipinski definition) is 2. The predicted octanol–water partition coefficient (Wildman–Crippen LogP) is 4.15. The Labute approximate surface area is 137 Å². The molecule has 4 heteroatoms. The van der Waals surface area contributed by atoms with Crippen LogP contribution < -0.4 is 5.32 Å². The molecule has 0 unspecified atom stereocenters. The molecule has 0 aliphatic rings. The first-order valence-electron chi connectivity index (χ1n) is 6.35. The normalized spacial score (nSPS) is 10.8. The highest BCUT2D eigenvalue weighted by Crippen LogP contribution is 2.17. The topological polar surface area (TPSA) is 52.9 Å². The molecule has 2 rings (SSSR count). The number of benzene rings is 2. The van der Waals surface area contributed by atoms with Gasteiger partial charge in [0, 0.05) is 9.26 Å². The highest BCUT2D eigenvalue weighted by Gasteiger charge is 2.11. The summed E-state index contributed by atoms with van der Waals surface area (Å²) in [4.78, 5) is 12.2. The summed E-state index contributed by atoms with van der Waals surface area (Å²) in [6, 6.07) is 17.0. The fraction of sp³-hybridized carbons (Fsp3) is 0.0588. The Kier molecular flexibility index (Phi) is 5.12. The van der Waals surface area contributed by atoms with E-state index in [4.69, 9.17) is 0 Å². The average Bonchev–Trinajstić information content (AvgIpc) is 2.48. The Bertz CT molecular complexity index is 744. The molecule has 0 aromatic heterocycles. The number of rotatable bonds is 3. The molecule has 0 bridgehead atoms. The van der Waals surface area contributed by atoms with E-state index < -0.39 is 5.91 Å². The monoisotopic (exact) mass is 388 g/mol. The van der Waals surface area contributed by atoms with Gasteiger partial charge in [-0.05, 0) is 58.9 Å². The first-order chi connectivity index (χ1) is 10.1. The van der Waals surface area contributed by atoms with Crippen LogP contribution in [-0.4, -0.2) is 5.91 Å². The van der Waals surface area contributed by atoms with E-state index in [1.807, 2.05) is 61.5 Å². The van der Waals surface area contributed by atoms with Crippen LogP contribution in [0, 0.1) is 21.8 Å². The third-order valence-electron chi connectivity index (χ3n) is 2.96. The summed E-state index contributed by atoms with van der Waals surface area (Å²) in [7, 11) is 0. The molecule has 0 saturated heterocycles. The van der Waals surface area contributed by atoms with Crippen molar-refractivity contribution in [1.29, 1.82) is 5.26 Å². The van der Waals surface area contributed by atoms with Gasteiger partial charge in [0.2, 0.25) is 0 Å². The number of halogens is 1. The van der Waals surface area contributed by atoms with Gasteiger partial charge in [-0.25, -0.2) is 0 Å². The molecule has 0 fully saturated rings. The third-order valence-corrected chi connectivity index (χ3v) is 3.95. The lowest BCUT2D eigenvalue weighted by Crippen LogP contribution is -2.14. The van der Waals surface area contributed by atoms with Crippen molar-refractivity contribution in [3.05, 3.63) is 68.8 Å². The maximum Gasteiger partial charge on any atom is 0.266 e. The van der Waals surface area contributed by atoms with E-state index in [-0.39, 0.29) is 5.57 Å². The lowest BCUT2D eigenvalue weighted by atomic mass is 10.1. The minimum atomic E-state index is -0.397. The number of hydrogen-bond donors (Lipinski definition) is 1. The van der Waals surface area contributed by atoms with E-state index in [1.54, 1.807) is 6.08 Å². The molecule has 0 spiro atoms. The van der Waals surface area contributed by atoms with E-state index in [1.165, 1.54) is 0 Å². The van der Waals surface area contributed by atoms with Crippen LogP contribution in [0.15, 0.2) is 54.1 Å². The molecule has 0 aliphatic carbocycles. The van der Waals surface area contributed by atoms with Crippen LogP contribution in [0.4, 0.5) is 5.69 Å². The maximum atomic E-state index is 12.2. The van der Waals surface area contributed by atoms with Gasteiger partial charge in [0.05, 0.1) is 0 Å². The molecular formula is C17H13IN2O. The Morgan fingerprint density at radius 2 is 1.86 bits per heavy atom. The second kappa shape index (κ2) is 7.04. The summed E-state index contributed by atoms with van der Waals surface area (Å²) in [5.74, 6) is -0.397. The van der Waals surface area contributed by atoms with E-state index in [2.05, 4.69) is 27.9 Å². The first kappa shape index (κ1) is 15.3. The zero-order valence-electron chi connectivity index (χ0n) is 11.4. The number of nitrogens with one attached hydrogen (secondary N) is 1. The van der Waals surface area contributed by atoms with Crippen LogP contribution in [0.3, 0.4) is 0 Å². The van der Waals surface area contributed by atoms with Crippen molar-refractivity contribution >= 4 is 40.3 Å². The molecule has 3 nitrogen and oxygen atoms in total. The van der Waals surface area contributed by atoms with Crippen molar-refractivity contribution in [3.63, 3.8) is 0 Å². The number of nitriles is 1. The minimum Gasteiger partial charge on any atom is -0.321 e. The Hall–Kier alpha value is -2.13. The number of carbonyl (C=O) groups excluding carboxylic acids is 1. The van der Waals surface area contributed by atoms with Crippen LogP contribution in [0.25, 0.3) is 6.08 Å². The summed E-state index contributed by atoms with van der Waals surface area (Å²) in [5, 5.41) is 12.0. The number of amides is 1. The second-order valence-electron chi connectivity index (χ2n) is 4.46. The highest BCUT2D eigenvalue weighted by atomic mass is 127. The van der Waals surface area contributed by atoms with E-state index in [0.29, 0.717) is 5.69 Å². The van der Waals surface area contributed by atoms with Gasteiger partial charge in [-0.15, -0.1) is 0 Å². The zero-order chi connectivity index (χ0) is 15.2. The Morgan fingerprint density at radius 3 is 2.52 bits per heavy atom. The summed E-state index contributed by atoms with van der Waals surface area (Å²) >= 11 is 2.18. The molecule has 1 amide bonds. The van der Waals surface area contributed by atoms with E-state index in [9.17, 15) is 10.1 Å². The summed E-state index contributed by atoms with van der Waals surface area (Å²) < 4.78 is 0.992. The molecule has 0 atom stereocenters. The summed E-state index contributed by atoms with van der Waals surface area (Å²) in [5.41, 5.74) is 2.61. The molecule has 0 saturated carbocycles. The van der Waals surface area contributed by atoms with Crippen LogP contribution in [0.1, 0.15) is 11.1 Å². The fourth-order valence-corrected chi connectivity index (χ4v) is 2.34. The second-order valence-corrected chi connectivity index (χ2v) is 5.62. The van der Waals surface area contributed by atoms with Gasteiger partial charge in [-0.3, -0.25) is 4.79 Å². The van der Waals surface area contributed by atoms with Crippen LogP contribution in [0.5, 0.6) is 0 Å². The molecule has 0 aliphatic heterocycles. The first-order valence-corrected chi connectivity index (χ1v) is 7.43. The number of nitrogens with zero attached hydrogens (tertiary/aromatic N) is 1. The third kappa shape index (κ3) is 3.92. The van der Waals surface area contributed by atoms with Gasteiger partial charge in [-0.1, -0.05) is 36.4 Å². The van der Waals surface area contributed by atoms with Crippen molar-refractivity contribution in [2.45, 2.75) is 6.92 Å². The fourth-order valence-electron chi connectivity index (χ4n) is 1.80. The average molecular weight is 388 g/mol. The van der Waals surface area contributed by atoms with Crippen molar-refractivity contribution in [3.8, 4) is 6.07 Å². The lowest BCUT2D eigenvalue weighted by molar-refractivity contribution is -0.112. The Morgan fingerprint density at radius 1 is 1.19 bits per heavy atom. The van der Waals surface area contributed by atoms with Gasteiger partial charge in [0.1, 0.15) is 11.6 Å².